The molecule has 0 aromatic heterocycles. The molecule has 1 saturated carbocycles. The van der Waals surface area contributed by atoms with Gasteiger partial charge < -0.3 is 5.32 Å². The van der Waals surface area contributed by atoms with Gasteiger partial charge in [0.15, 0.2) is 0 Å². The first-order chi connectivity index (χ1) is 4.43. The third-order valence-corrected chi connectivity index (χ3v) is 1.76. The van der Waals surface area contributed by atoms with E-state index in [4.69, 9.17) is 0 Å². The van der Waals surface area contributed by atoms with Crippen molar-refractivity contribution in [3.8, 4) is 11.8 Å². The van der Waals surface area contributed by atoms with E-state index in [9.17, 15) is 0 Å². The maximum atomic E-state index is 3.35. The van der Waals surface area contributed by atoms with Gasteiger partial charge in [0, 0.05) is 6.04 Å². The van der Waals surface area contributed by atoms with E-state index in [0.717, 1.165) is 12.6 Å². The Kier molecular flexibility index (Phi) is 2.60. The van der Waals surface area contributed by atoms with Gasteiger partial charge >= 0.3 is 0 Å². The molecule has 1 aliphatic carbocycles. The molecule has 9 heavy (non-hydrogen) atoms. The molecule has 0 atom stereocenters. The van der Waals surface area contributed by atoms with Crippen LogP contribution in [0.3, 0.4) is 0 Å². The highest BCUT2D eigenvalue weighted by Gasteiger charge is 2.14. The van der Waals surface area contributed by atoms with Crippen LogP contribution in [0, 0.1) is 11.8 Å². The average molecular weight is 123 g/mol. The van der Waals surface area contributed by atoms with Crippen molar-refractivity contribution in [3.63, 3.8) is 0 Å². The fourth-order valence-corrected chi connectivity index (χ4v) is 0.896. The van der Waals surface area contributed by atoms with Crippen LogP contribution < -0.4 is 5.32 Å². The van der Waals surface area contributed by atoms with Crippen molar-refractivity contribution in [2.24, 2.45) is 0 Å². The van der Waals surface area contributed by atoms with Crippen LogP contribution in [0.5, 0.6) is 0 Å². The van der Waals surface area contributed by atoms with Gasteiger partial charge in [-0.3, -0.25) is 0 Å². The molecule has 0 amide bonds. The van der Waals surface area contributed by atoms with Crippen LogP contribution in [0.25, 0.3) is 0 Å². The van der Waals surface area contributed by atoms with Crippen LogP contribution in [0.1, 0.15) is 26.2 Å². The normalized spacial score (nSPS) is 17.9. The van der Waals surface area contributed by atoms with Gasteiger partial charge in [-0.25, -0.2) is 0 Å². The van der Waals surface area contributed by atoms with Crippen molar-refractivity contribution >= 4 is 0 Å². The average Bonchev–Trinajstić information content (AvgIpc) is 1.76. The van der Waals surface area contributed by atoms with E-state index in [2.05, 4.69) is 17.2 Å². The second-order valence-corrected chi connectivity index (χ2v) is 2.44. The van der Waals surface area contributed by atoms with Crippen molar-refractivity contribution in [3.05, 3.63) is 0 Å². The molecular formula is C8H13N. The lowest BCUT2D eigenvalue weighted by molar-refractivity contribution is 0.353. The summed E-state index contributed by atoms with van der Waals surface area (Å²) in [7, 11) is 0. The molecule has 0 aliphatic heterocycles. The molecule has 1 rings (SSSR count). The van der Waals surface area contributed by atoms with E-state index in [1.807, 2.05) is 6.92 Å². The van der Waals surface area contributed by atoms with Gasteiger partial charge in [0.25, 0.3) is 0 Å². The molecule has 0 aromatic carbocycles. The zero-order valence-corrected chi connectivity index (χ0v) is 5.91. The lowest BCUT2D eigenvalue weighted by Gasteiger charge is -2.25. The van der Waals surface area contributed by atoms with Crippen LogP contribution in [-0.4, -0.2) is 12.6 Å². The molecule has 0 heterocycles. The highest BCUT2D eigenvalue weighted by atomic mass is 14.9. The fraction of sp³-hybridized carbons (Fsp3) is 0.750. The van der Waals surface area contributed by atoms with Gasteiger partial charge in [-0.1, -0.05) is 12.3 Å². The van der Waals surface area contributed by atoms with E-state index < -0.39 is 0 Å². The zero-order chi connectivity index (χ0) is 6.53. The summed E-state index contributed by atoms with van der Waals surface area (Å²) in [4.78, 5) is 0. The quantitative estimate of drug-likeness (QED) is 0.543. The van der Waals surface area contributed by atoms with Gasteiger partial charge in [-0.15, -0.1) is 5.92 Å². The Bertz CT molecular complexity index is 125. The van der Waals surface area contributed by atoms with E-state index in [1.54, 1.807) is 0 Å². The Hall–Kier alpha value is -0.480. The highest BCUT2D eigenvalue weighted by Crippen LogP contribution is 2.17. The van der Waals surface area contributed by atoms with Gasteiger partial charge in [-0.2, -0.15) is 0 Å². The minimum atomic E-state index is 0.783. The lowest BCUT2D eigenvalue weighted by Crippen LogP contribution is -2.35. The summed E-state index contributed by atoms with van der Waals surface area (Å²) in [6.07, 6.45) is 4.11. The third-order valence-electron chi connectivity index (χ3n) is 1.76. The Morgan fingerprint density at radius 2 is 2.33 bits per heavy atom. The van der Waals surface area contributed by atoms with Crippen LogP contribution in [0.4, 0.5) is 0 Å². The van der Waals surface area contributed by atoms with Gasteiger partial charge in [0.1, 0.15) is 0 Å². The fourth-order valence-electron chi connectivity index (χ4n) is 0.896. The van der Waals surface area contributed by atoms with Crippen LogP contribution >= 0.6 is 0 Å². The Morgan fingerprint density at radius 1 is 1.56 bits per heavy atom. The summed E-state index contributed by atoms with van der Waals surface area (Å²) >= 11 is 0. The van der Waals surface area contributed by atoms with Crippen molar-refractivity contribution < 1.29 is 0 Å². The molecule has 1 heteroatoms. The largest absolute Gasteiger partial charge is 0.303 e. The third kappa shape index (κ3) is 2.07. The first kappa shape index (κ1) is 6.64. The summed E-state index contributed by atoms with van der Waals surface area (Å²) < 4.78 is 0. The first-order valence-electron chi connectivity index (χ1n) is 3.56. The SMILES string of the molecule is CC#CCNC1CCC1. The summed E-state index contributed by atoms with van der Waals surface area (Å²) in [6, 6.07) is 0.783. The van der Waals surface area contributed by atoms with Gasteiger partial charge in [0.05, 0.1) is 6.54 Å². The summed E-state index contributed by atoms with van der Waals surface area (Å²) in [6.45, 7) is 2.75. The van der Waals surface area contributed by atoms with E-state index in [1.165, 1.54) is 19.3 Å². The second-order valence-electron chi connectivity index (χ2n) is 2.44. The van der Waals surface area contributed by atoms with Crippen molar-refractivity contribution in [1.29, 1.82) is 0 Å². The molecule has 50 valence electrons. The predicted octanol–water partition coefficient (Wildman–Crippen LogP) is 1.15. The minimum Gasteiger partial charge on any atom is -0.303 e. The number of rotatable bonds is 2. The molecular weight excluding hydrogens is 110 g/mol. The Labute approximate surface area is 56.8 Å². The second kappa shape index (κ2) is 3.53. The highest BCUT2D eigenvalue weighted by molar-refractivity contribution is 4.98. The molecule has 0 aromatic rings. The number of hydrogen-bond donors (Lipinski definition) is 1. The topological polar surface area (TPSA) is 12.0 Å². The monoisotopic (exact) mass is 123 g/mol. The van der Waals surface area contributed by atoms with E-state index in [0.29, 0.717) is 0 Å². The van der Waals surface area contributed by atoms with Crippen molar-refractivity contribution in [1.82, 2.24) is 5.32 Å². The smallest absolute Gasteiger partial charge is 0.0578 e. The summed E-state index contributed by atoms with van der Waals surface area (Å²) in [5.74, 6) is 5.84. The maximum absolute atomic E-state index is 3.35. The molecule has 0 saturated heterocycles. The predicted molar refractivity (Wildman–Crippen MR) is 39.1 cm³/mol. The van der Waals surface area contributed by atoms with Crippen LogP contribution in [0.15, 0.2) is 0 Å². The van der Waals surface area contributed by atoms with E-state index >= 15 is 0 Å². The molecule has 1 nitrogen and oxygen atoms in total. The van der Waals surface area contributed by atoms with Gasteiger partial charge in [0.2, 0.25) is 0 Å². The minimum absolute atomic E-state index is 0.783. The Balaban J connectivity index is 1.95. The molecule has 1 fully saturated rings. The first-order valence-corrected chi connectivity index (χ1v) is 3.56. The summed E-state index contributed by atoms with van der Waals surface area (Å²) in [5.41, 5.74) is 0. The lowest BCUT2D eigenvalue weighted by atomic mass is 9.93. The summed E-state index contributed by atoms with van der Waals surface area (Å²) in [5, 5.41) is 3.35. The van der Waals surface area contributed by atoms with Crippen molar-refractivity contribution in [2.75, 3.05) is 6.54 Å². The Morgan fingerprint density at radius 3 is 2.78 bits per heavy atom. The van der Waals surface area contributed by atoms with Crippen LogP contribution in [0.2, 0.25) is 0 Å². The molecule has 1 aliphatic rings. The molecule has 0 unspecified atom stereocenters. The zero-order valence-electron chi connectivity index (χ0n) is 5.91. The molecule has 0 bridgehead atoms. The maximum Gasteiger partial charge on any atom is 0.0578 e. The molecule has 0 radical (unpaired) electrons. The molecule has 1 N–H and O–H groups in total. The van der Waals surface area contributed by atoms with Crippen LogP contribution in [-0.2, 0) is 0 Å². The van der Waals surface area contributed by atoms with Crippen molar-refractivity contribution in [2.45, 2.75) is 32.2 Å². The standard InChI is InChI=1S/C8H13N/c1-2-3-7-9-8-5-4-6-8/h8-9H,4-7H2,1H3. The number of hydrogen-bond acceptors (Lipinski definition) is 1. The number of nitrogens with one attached hydrogen (secondary N) is 1. The van der Waals surface area contributed by atoms with Gasteiger partial charge in [-0.05, 0) is 19.8 Å². The molecule has 0 spiro atoms. The van der Waals surface area contributed by atoms with E-state index in [-0.39, 0.29) is 0 Å².